The summed E-state index contributed by atoms with van der Waals surface area (Å²) in [5, 5.41) is 15.8. The van der Waals surface area contributed by atoms with Crippen molar-refractivity contribution in [2.24, 2.45) is 11.1 Å². The minimum atomic E-state index is -5.04. The van der Waals surface area contributed by atoms with Crippen LogP contribution in [0.2, 0.25) is 0 Å². The smallest absolute Gasteiger partial charge is 0.444 e. The summed E-state index contributed by atoms with van der Waals surface area (Å²) >= 11 is 13.0. The molecule has 0 saturated heterocycles. The van der Waals surface area contributed by atoms with Gasteiger partial charge in [0.2, 0.25) is 17.7 Å². The van der Waals surface area contributed by atoms with E-state index in [2.05, 4.69) is 26.6 Å². The third-order valence-electron chi connectivity index (χ3n) is 17.2. The lowest BCUT2D eigenvalue weighted by molar-refractivity contribution is -0.151. The van der Waals surface area contributed by atoms with Crippen LogP contribution in [0.15, 0.2) is 127 Å². The molecule has 3 aliphatic heterocycles. The minimum Gasteiger partial charge on any atom is -0.444 e. The van der Waals surface area contributed by atoms with Crippen LogP contribution < -0.4 is 51.2 Å². The maximum atomic E-state index is 14.3. The Kier molecular flexibility index (Phi) is 22.7. The number of halogens is 2. The molecular formula is C67H69Cl2N9O17P2. The molecule has 97 heavy (non-hydrogen) atoms. The van der Waals surface area contributed by atoms with Crippen LogP contribution in [0.3, 0.4) is 0 Å². The molecule has 1 unspecified atom stereocenters. The van der Waals surface area contributed by atoms with Crippen LogP contribution in [0.5, 0.6) is 11.5 Å². The molecule has 26 nitrogen and oxygen atoms in total. The number of phosphoric acid groups is 1. The number of nitrogens with zero attached hydrogens (tertiary/aromatic N) is 3. The highest BCUT2D eigenvalue weighted by atomic mass is 35.5. The number of carbonyl (C=O) groups is 9. The molecule has 4 aliphatic rings. The second-order valence-corrected chi connectivity index (χ2v) is 26.0. The molecule has 6 aromatic rings. The van der Waals surface area contributed by atoms with E-state index < -0.39 is 69.2 Å². The largest absolute Gasteiger partial charge is 0.524 e. The molecule has 10 rings (SSSR count). The Hall–Kier alpha value is -9.39. The molecule has 0 radical (unpaired) electrons. The number of alkyl halides is 2. The summed E-state index contributed by atoms with van der Waals surface area (Å²) in [7, 11) is -8.49. The number of unbranched alkanes of at least 4 members (excludes halogenated alkanes) is 2. The van der Waals surface area contributed by atoms with Gasteiger partial charge in [-0.2, -0.15) is 0 Å². The fourth-order valence-electron chi connectivity index (χ4n) is 12.3. The maximum absolute atomic E-state index is 14.3. The number of rotatable bonds is 28. The second-order valence-electron chi connectivity index (χ2n) is 23.5. The van der Waals surface area contributed by atoms with Crippen molar-refractivity contribution in [1.82, 2.24) is 20.9 Å². The van der Waals surface area contributed by atoms with Gasteiger partial charge in [0.25, 0.3) is 23.6 Å². The van der Waals surface area contributed by atoms with E-state index in [1.165, 1.54) is 64.5 Å². The summed E-state index contributed by atoms with van der Waals surface area (Å²) in [6.45, 7) is 0.580. The quantitative estimate of drug-likeness (QED) is 0.00552. The highest BCUT2D eigenvalue weighted by Gasteiger charge is 2.51. The van der Waals surface area contributed by atoms with Crippen LogP contribution in [0, 0.1) is 5.41 Å². The normalized spacial score (nSPS) is 16.8. The highest BCUT2D eigenvalue weighted by Crippen LogP contribution is 2.50. The average Bonchev–Trinajstić information content (AvgIpc) is 1.72. The lowest BCUT2D eigenvalue weighted by Gasteiger charge is -2.39. The molecule has 1 aliphatic carbocycles. The molecule has 10 amide bonds. The lowest BCUT2D eigenvalue weighted by atomic mass is 9.67. The Morgan fingerprint density at radius 3 is 1.88 bits per heavy atom. The van der Waals surface area contributed by atoms with Crippen LogP contribution in [-0.2, 0) is 54.0 Å². The van der Waals surface area contributed by atoms with Gasteiger partial charge in [-0.15, -0.1) is 23.2 Å². The predicted octanol–water partition coefficient (Wildman–Crippen LogP) is 8.99. The van der Waals surface area contributed by atoms with Crippen LogP contribution in [0.25, 0.3) is 33.7 Å². The monoisotopic (exact) mass is 1400 g/mol. The number of benzene rings is 6. The third-order valence-corrected chi connectivity index (χ3v) is 18.8. The Balaban J connectivity index is 0.832. The van der Waals surface area contributed by atoms with E-state index in [-0.39, 0.29) is 118 Å². The first kappa shape index (κ1) is 70.4. The fourth-order valence-corrected chi connectivity index (χ4v) is 13.6. The van der Waals surface area contributed by atoms with E-state index in [1.54, 1.807) is 78.9 Å². The number of phosphoric ester groups is 1. The molecule has 0 bridgehead atoms. The molecule has 10 N–H and O–H groups in total. The van der Waals surface area contributed by atoms with E-state index in [4.69, 9.17) is 42.7 Å². The summed E-state index contributed by atoms with van der Waals surface area (Å²) in [5.41, 5.74) is 7.65. The van der Waals surface area contributed by atoms with Gasteiger partial charge >= 0.3 is 28.2 Å². The number of hydrogen-bond acceptors (Lipinski definition) is 14. The van der Waals surface area contributed by atoms with E-state index in [1.807, 2.05) is 6.07 Å². The van der Waals surface area contributed by atoms with Gasteiger partial charge in [-0.3, -0.25) is 53.6 Å². The maximum Gasteiger partial charge on any atom is 0.524 e. The number of imide groups is 1. The number of urea groups is 1. The Labute approximate surface area is 566 Å². The first-order valence-electron chi connectivity index (χ1n) is 31.1. The number of ether oxygens (including phenoxy) is 1. The van der Waals surface area contributed by atoms with Crippen molar-refractivity contribution in [2.45, 2.75) is 75.9 Å². The van der Waals surface area contributed by atoms with Gasteiger partial charge < -0.3 is 55.5 Å². The summed E-state index contributed by atoms with van der Waals surface area (Å²) < 4.78 is 40.2. The van der Waals surface area contributed by atoms with Gasteiger partial charge in [0, 0.05) is 109 Å². The van der Waals surface area contributed by atoms with Gasteiger partial charge in [-0.05, 0) is 114 Å². The number of anilines is 4. The molecule has 0 aromatic heterocycles. The standard InChI is InChI=1S/C67H69Cl2N9O17P2/c68-35-43-37-77(52-33-54(94-96(88)89)46-10-2-4-12-48(46)60(43)52)59(82)24-20-42-19-15-40(18-23-58(81)78-38-44(36-69)61-49-13-5-3-11-47(49)55(34-53(61)78)95-97(90,91)92)32-51(42)75-66(87)93-39-41-16-21-45(22-17-41)73-62(83)50(14-8-30-72-65(70)86)74-64(85)67(27-9-28-67)63(84)71-29-6-1-7-31-76-56(79)25-26-57(76)80/h2-5,10-13,15-26,32-34,43-44,50,96H,1,6-9,14,27-31,35-39H2,(H,71,84)(H,73,83)(H,74,85)(H,75,87)(H,88,89)(H3,70,72,86)(H2,90,91,92)/b23-18+,24-20+/t43-,44-,50+/m1/s1. The van der Waals surface area contributed by atoms with Crippen LogP contribution >= 0.6 is 39.3 Å². The van der Waals surface area contributed by atoms with Gasteiger partial charge in [0.05, 0.1) is 17.1 Å². The molecule has 4 atom stereocenters. The fraction of sp³-hybridized carbons (Fsp3) is 0.299. The number of nitrogens with two attached hydrogens (primary N) is 1. The van der Waals surface area contributed by atoms with E-state index in [9.17, 15) is 67.0 Å². The van der Waals surface area contributed by atoms with Crippen LogP contribution in [-0.4, -0.2) is 124 Å². The van der Waals surface area contributed by atoms with Gasteiger partial charge in [0.15, 0.2) is 0 Å². The van der Waals surface area contributed by atoms with Crippen molar-refractivity contribution in [3.63, 3.8) is 0 Å². The summed E-state index contributed by atoms with van der Waals surface area (Å²) in [4.78, 5) is 152. The van der Waals surface area contributed by atoms with Crippen molar-refractivity contribution in [1.29, 1.82) is 0 Å². The number of nitrogens with one attached hydrogen (secondary N) is 5. The molecule has 0 spiro atoms. The Morgan fingerprint density at radius 1 is 0.711 bits per heavy atom. The van der Waals surface area contributed by atoms with Crippen LogP contribution in [0.4, 0.5) is 32.3 Å². The molecular weight excluding hydrogens is 1340 g/mol. The molecule has 508 valence electrons. The van der Waals surface area contributed by atoms with Crippen molar-refractivity contribution in [3.05, 3.63) is 155 Å². The molecule has 1 fully saturated rings. The van der Waals surface area contributed by atoms with Crippen molar-refractivity contribution < 1.29 is 80.7 Å². The van der Waals surface area contributed by atoms with E-state index in [0.29, 0.717) is 86.5 Å². The van der Waals surface area contributed by atoms with Crippen molar-refractivity contribution in [2.75, 3.05) is 64.9 Å². The number of amides is 10. The zero-order chi connectivity index (χ0) is 69.1. The SMILES string of the molecule is NC(=O)NCCC[C@H](NC(=O)C1(C(=O)NCCCCCN2C(=O)C=CC2=O)CCC1)C(=O)Nc1ccc(COC(=O)Nc2cc(/C=C/C(=O)N3C[C@@H](CCl)c4c3cc(OP(=O)(O)O)c3ccccc43)ccc2/C=C/C(=O)N2C[C@@H](CCl)c3c2cc(O[PH](=O)O)c2ccccc32)cc1. The summed E-state index contributed by atoms with van der Waals surface area (Å²) in [6, 6.07) is 25.9. The van der Waals surface area contributed by atoms with E-state index in [0.717, 1.165) is 10.5 Å². The zero-order valence-corrected chi connectivity index (χ0v) is 55.4. The van der Waals surface area contributed by atoms with Crippen LogP contribution in [0.1, 0.15) is 91.0 Å². The van der Waals surface area contributed by atoms with Gasteiger partial charge in [0.1, 0.15) is 29.6 Å². The average molecular weight is 1410 g/mol. The number of primary amides is 1. The van der Waals surface area contributed by atoms with Crippen molar-refractivity contribution in [3.8, 4) is 11.5 Å². The highest BCUT2D eigenvalue weighted by molar-refractivity contribution is 7.46. The Bertz CT molecular complexity index is 4260. The number of carbonyl (C=O) groups excluding carboxylic acids is 9. The van der Waals surface area contributed by atoms with Crippen molar-refractivity contribution >= 4 is 149 Å². The summed E-state index contributed by atoms with van der Waals surface area (Å²) in [6.07, 6.45) is 10.0. The predicted molar refractivity (Wildman–Crippen MR) is 365 cm³/mol. The number of hydrogen-bond donors (Lipinski definition) is 9. The molecule has 3 heterocycles. The minimum absolute atomic E-state index is 0.0522. The first-order chi connectivity index (χ1) is 46.5. The topological polar surface area (TPSA) is 372 Å². The Morgan fingerprint density at radius 2 is 1.30 bits per heavy atom. The second kappa shape index (κ2) is 31.2. The molecule has 1 saturated carbocycles. The van der Waals surface area contributed by atoms with E-state index >= 15 is 0 Å². The molecule has 30 heteroatoms. The third kappa shape index (κ3) is 16.7. The number of fused-ring (bicyclic) bond motifs is 6. The van der Waals surface area contributed by atoms with Gasteiger partial charge in [-0.25, -0.2) is 18.7 Å². The summed E-state index contributed by atoms with van der Waals surface area (Å²) in [5.74, 6) is -3.99. The van der Waals surface area contributed by atoms with Gasteiger partial charge in [-0.1, -0.05) is 79.2 Å². The lowest BCUT2D eigenvalue weighted by Crippen LogP contribution is -2.58. The first-order valence-corrected chi connectivity index (χ1v) is 34.9. The zero-order valence-electron chi connectivity index (χ0n) is 52.0. The molecule has 6 aromatic carbocycles.